The largest absolute Gasteiger partial charge is 0.485 e. The van der Waals surface area contributed by atoms with Crippen LogP contribution in [0.3, 0.4) is 0 Å². The van der Waals surface area contributed by atoms with Crippen LogP contribution in [0.1, 0.15) is 43.9 Å². The minimum Gasteiger partial charge on any atom is -0.485 e. The van der Waals surface area contributed by atoms with Crippen LogP contribution in [0.2, 0.25) is 0 Å². The van der Waals surface area contributed by atoms with Crippen molar-refractivity contribution in [3.8, 4) is 11.8 Å². The minimum atomic E-state index is -4.33. The van der Waals surface area contributed by atoms with Crippen molar-refractivity contribution in [2.75, 3.05) is 13.7 Å². The van der Waals surface area contributed by atoms with Crippen LogP contribution in [0.5, 0.6) is 5.75 Å². The number of nitrogens with zero attached hydrogens (tertiary/aromatic N) is 2. The van der Waals surface area contributed by atoms with Crippen molar-refractivity contribution in [1.29, 1.82) is 5.26 Å². The summed E-state index contributed by atoms with van der Waals surface area (Å²) in [6.07, 6.45) is 0.137. The number of hydrogen-bond acceptors (Lipinski definition) is 6. The predicted octanol–water partition coefficient (Wildman–Crippen LogP) is 2.52. The van der Waals surface area contributed by atoms with Crippen molar-refractivity contribution in [1.82, 2.24) is 4.90 Å². The molecule has 9 heteroatoms. The fraction of sp³-hybridized carbons (Fsp3) is 0.529. The van der Waals surface area contributed by atoms with Crippen LogP contribution in [0.25, 0.3) is 0 Å². The lowest BCUT2D eigenvalue weighted by atomic mass is 9.85. The number of fused-ring (bicyclic) bond motifs is 1. The van der Waals surface area contributed by atoms with Crippen molar-refractivity contribution >= 4 is 13.7 Å². The van der Waals surface area contributed by atoms with Crippen molar-refractivity contribution in [3.05, 3.63) is 29.3 Å². The molecule has 3 rings (SSSR count). The zero-order chi connectivity index (χ0) is 19.1. The van der Waals surface area contributed by atoms with Gasteiger partial charge in [0.25, 0.3) is 0 Å². The Morgan fingerprint density at radius 2 is 2.19 bits per heavy atom. The van der Waals surface area contributed by atoms with E-state index in [9.17, 15) is 19.5 Å². The number of hydrogen-bond donors (Lipinski definition) is 1. The molecule has 1 N–H and O–H groups in total. The van der Waals surface area contributed by atoms with Crippen LogP contribution < -0.4 is 4.74 Å². The SMILES string of the molecule is COP(=O)(O)O[C@H]1C(N2CCCC2=O)c2cc(C#N)ccc2OC1(C)C. The molecule has 3 atom stereocenters. The van der Waals surface area contributed by atoms with Crippen LogP contribution in [0, 0.1) is 11.3 Å². The maximum atomic E-state index is 12.4. The fourth-order valence-electron chi connectivity index (χ4n) is 3.49. The summed E-state index contributed by atoms with van der Waals surface area (Å²) in [6, 6.07) is 6.34. The molecule has 140 valence electrons. The van der Waals surface area contributed by atoms with Gasteiger partial charge in [-0.25, -0.2) is 4.57 Å². The smallest absolute Gasteiger partial charge is 0.472 e. The highest BCUT2D eigenvalue weighted by Gasteiger charge is 2.51. The molecule has 2 aliphatic heterocycles. The van der Waals surface area contributed by atoms with Crippen LogP contribution in [-0.4, -0.2) is 41.1 Å². The molecule has 2 unspecified atom stereocenters. The third-order valence-corrected chi connectivity index (χ3v) is 5.68. The molecule has 1 fully saturated rings. The van der Waals surface area contributed by atoms with Gasteiger partial charge in [0.1, 0.15) is 17.5 Å². The second-order valence-corrected chi connectivity index (χ2v) is 8.40. The second kappa shape index (κ2) is 6.67. The van der Waals surface area contributed by atoms with Gasteiger partial charge >= 0.3 is 7.82 Å². The quantitative estimate of drug-likeness (QED) is 0.800. The first-order valence-corrected chi connectivity index (χ1v) is 9.77. The minimum absolute atomic E-state index is 0.0696. The van der Waals surface area contributed by atoms with Gasteiger partial charge in [0, 0.05) is 25.6 Å². The first-order chi connectivity index (χ1) is 12.2. The number of likely N-dealkylation sites (tertiary alicyclic amines) is 1. The lowest BCUT2D eigenvalue weighted by Crippen LogP contribution is -2.54. The molecule has 0 spiro atoms. The molecule has 26 heavy (non-hydrogen) atoms. The van der Waals surface area contributed by atoms with E-state index in [1.54, 1.807) is 36.9 Å². The molecule has 2 aliphatic rings. The van der Waals surface area contributed by atoms with Crippen molar-refractivity contribution in [3.63, 3.8) is 0 Å². The first kappa shape index (κ1) is 18.9. The summed E-state index contributed by atoms with van der Waals surface area (Å²) in [7, 11) is -3.25. The van der Waals surface area contributed by atoms with Crippen molar-refractivity contribution in [2.24, 2.45) is 0 Å². The maximum Gasteiger partial charge on any atom is 0.472 e. The van der Waals surface area contributed by atoms with Crippen LogP contribution in [0.15, 0.2) is 18.2 Å². The van der Waals surface area contributed by atoms with E-state index >= 15 is 0 Å². The normalized spacial score (nSPS) is 26.6. The third-order valence-electron chi connectivity index (χ3n) is 4.73. The summed E-state index contributed by atoms with van der Waals surface area (Å²) < 4.78 is 28.1. The van der Waals surface area contributed by atoms with Gasteiger partial charge < -0.3 is 14.5 Å². The maximum absolute atomic E-state index is 12.4. The molecule has 1 saturated heterocycles. The van der Waals surface area contributed by atoms with Gasteiger partial charge in [0.05, 0.1) is 17.7 Å². The van der Waals surface area contributed by atoms with Gasteiger partial charge in [-0.1, -0.05) is 0 Å². The summed E-state index contributed by atoms with van der Waals surface area (Å²) in [5.74, 6) is 0.448. The van der Waals surface area contributed by atoms with Gasteiger partial charge in [0.15, 0.2) is 0 Å². The van der Waals surface area contributed by atoms with E-state index in [4.69, 9.17) is 9.26 Å². The molecule has 1 aromatic rings. The van der Waals surface area contributed by atoms with Crippen molar-refractivity contribution in [2.45, 2.75) is 44.4 Å². The number of phosphoric ester groups is 1. The van der Waals surface area contributed by atoms with Gasteiger partial charge in [-0.15, -0.1) is 0 Å². The van der Waals surface area contributed by atoms with Gasteiger partial charge in [-0.05, 0) is 38.5 Å². The Morgan fingerprint density at radius 1 is 1.46 bits per heavy atom. The Labute approximate surface area is 151 Å². The molecular weight excluding hydrogens is 359 g/mol. The molecular formula is C17H21N2O6P. The summed E-state index contributed by atoms with van der Waals surface area (Å²) >= 11 is 0. The summed E-state index contributed by atoms with van der Waals surface area (Å²) in [4.78, 5) is 23.9. The molecule has 0 aliphatic carbocycles. The second-order valence-electron chi connectivity index (χ2n) is 6.88. The average Bonchev–Trinajstić information content (AvgIpc) is 3.00. The Balaban J connectivity index is 2.15. The van der Waals surface area contributed by atoms with Gasteiger partial charge in [-0.2, -0.15) is 5.26 Å². The fourth-order valence-corrected chi connectivity index (χ4v) is 4.23. The standard InChI is InChI=1S/C17H21N2O6P/c1-17(2)16(25-26(21,22)23-3)15(19-8-4-5-14(19)20)12-9-11(10-18)6-7-13(12)24-17/h6-7,9,15-16H,4-5,8H2,1-3H3,(H,21,22)/t15?,16-/m0/s1. The zero-order valence-electron chi connectivity index (χ0n) is 14.8. The lowest BCUT2D eigenvalue weighted by Gasteiger charge is -2.47. The summed E-state index contributed by atoms with van der Waals surface area (Å²) in [5, 5.41) is 9.23. The van der Waals surface area contributed by atoms with E-state index in [0.717, 1.165) is 7.11 Å². The Hall–Kier alpha value is -1.91. The van der Waals surface area contributed by atoms with Crippen LogP contribution in [0.4, 0.5) is 0 Å². The number of nitriles is 1. The van der Waals surface area contributed by atoms with Gasteiger partial charge in [0.2, 0.25) is 5.91 Å². The number of carbonyl (C=O) groups excluding carboxylic acids is 1. The highest BCUT2D eigenvalue weighted by Crippen LogP contribution is 2.53. The Bertz CT molecular complexity index is 818. The summed E-state index contributed by atoms with van der Waals surface area (Å²) in [5.41, 5.74) is -0.0212. The van der Waals surface area contributed by atoms with E-state index in [-0.39, 0.29) is 5.91 Å². The highest BCUT2D eigenvalue weighted by molar-refractivity contribution is 7.47. The molecule has 8 nitrogen and oxygen atoms in total. The average molecular weight is 380 g/mol. The topological polar surface area (TPSA) is 109 Å². The highest BCUT2D eigenvalue weighted by atomic mass is 31.2. The van der Waals surface area contributed by atoms with E-state index in [1.165, 1.54) is 0 Å². The van der Waals surface area contributed by atoms with Gasteiger partial charge in [-0.3, -0.25) is 13.8 Å². The third kappa shape index (κ3) is 3.36. The number of phosphoric acid groups is 1. The molecule has 1 amide bonds. The monoisotopic (exact) mass is 380 g/mol. The molecule has 0 aromatic heterocycles. The Morgan fingerprint density at radius 3 is 2.77 bits per heavy atom. The van der Waals surface area contributed by atoms with E-state index in [1.807, 2.05) is 0 Å². The predicted molar refractivity (Wildman–Crippen MR) is 91.3 cm³/mol. The number of amides is 1. The van der Waals surface area contributed by atoms with E-state index < -0.39 is 25.6 Å². The van der Waals surface area contributed by atoms with Crippen molar-refractivity contribution < 1.29 is 28.0 Å². The molecule has 1 aromatic carbocycles. The summed E-state index contributed by atoms with van der Waals surface area (Å²) in [6.45, 7) is 3.95. The zero-order valence-corrected chi connectivity index (χ0v) is 15.7. The first-order valence-electron chi connectivity index (χ1n) is 8.28. The van der Waals surface area contributed by atoms with Crippen LogP contribution >= 0.6 is 7.82 Å². The number of ether oxygens (including phenoxy) is 1. The lowest BCUT2D eigenvalue weighted by molar-refractivity contribution is -0.139. The van der Waals surface area contributed by atoms with Crippen LogP contribution in [-0.2, 0) is 18.4 Å². The molecule has 0 radical (unpaired) electrons. The van der Waals surface area contributed by atoms with E-state index in [0.29, 0.717) is 36.3 Å². The molecule has 0 bridgehead atoms. The number of carbonyl (C=O) groups is 1. The Kier molecular flexibility index (Phi) is 4.84. The number of rotatable bonds is 4. The number of benzene rings is 1. The van der Waals surface area contributed by atoms with E-state index in [2.05, 4.69) is 10.6 Å². The molecule has 2 heterocycles. The molecule has 0 saturated carbocycles.